The molecule has 0 saturated carbocycles. The average Bonchev–Trinajstić information content (AvgIpc) is 2.33. The molecule has 96 valence electrons. The van der Waals surface area contributed by atoms with Gasteiger partial charge in [0.15, 0.2) is 0 Å². The average molecular weight is 259 g/mol. The molecule has 4 heteroatoms. The first-order valence-electron chi connectivity index (χ1n) is 6.04. The fourth-order valence-electron chi connectivity index (χ4n) is 1.68. The summed E-state index contributed by atoms with van der Waals surface area (Å²) in [4.78, 5) is 2.33. The summed E-state index contributed by atoms with van der Waals surface area (Å²) in [6.07, 6.45) is 0. The third kappa shape index (κ3) is 5.02. The van der Waals surface area contributed by atoms with Crippen molar-refractivity contribution >= 4 is 11.6 Å². The maximum atomic E-state index is 13.0. The van der Waals surface area contributed by atoms with Crippen molar-refractivity contribution in [1.82, 2.24) is 10.2 Å². The third-order valence-corrected chi connectivity index (χ3v) is 3.19. The van der Waals surface area contributed by atoms with Crippen LogP contribution in [0.3, 0.4) is 0 Å². The van der Waals surface area contributed by atoms with Crippen LogP contribution < -0.4 is 5.32 Å². The largest absolute Gasteiger partial charge is 0.311 e. The maximum Gasteiger partial charge on any atom is 0.123 e. The van der Waals surface area contributed by atoms with E-state index in [1.54, 1.807) is 6.07 Å². The van der Waals surface area contributed by atoms with Crippen molar-refractivity contribution in [3.8, 4) is 0 Å². The third-order valence-electron chi connectivity index (χ3n) is 2.82. The second kappa shape index (κ2) is 7.64. The molecule has 0 heterocycles. The van der Waals surface area contributed by atoms with E-state index in [2.05, 4.69) is 24.1 Å². The zero-order chi connectivity index (χ0) is 12.7. The number of halogens is 2. The smallest absolute Gasteiger partial charge is 0.123 e. The van der Waals surface area contributed by atoms with Crippen LogP contribution in [-0.4, -0.2) is 31.1 Å². The van der Waals surface area contributed by atoms with Gasteiger partial charge in [-0.05, 0) is 36.9 Å². The van der Waals surface area contributed by atoms with Crippen LogP contribution in [0.1, 0.15) is 19.4 Å². The van der Waals surface area contributed by atoms with Gasteiger partial charge in [-0.3, -0.25) is 0 Å². The second-order valence-electron chi connectivity index (χ2n) is 3.94. The molecule has 0 aliphatic heterocycles. The van der Waals surface area contributed by atoms with E-state index in [1.807, 2.05) is 0 Å². The zero-order valence-electron chi connectivity index (χ0n) is 10.5. The Hall–Kier alpha value is -0.640. The molecule has 0 atom stereocenters. The Balaban J connectivity index is 2.33. The van der Waals surface area contributed by atoms with Crippen LogP contribution in [0.5, 0.6) is 0 Å². The highest BCUT2D eigenvalue weighted by Crippen LogP contribution is 2.16. The molecule has 1 aromatic rings. The van der Waals surface area contributed by atoms with Gasteiger partial charge in [0.05, 0.1) is 0 Å². The number of nitrogens with one attached hydrogen (secondary N) is 1. The minimum Gasteiger partial charge on any atom is -0.311 e. The van der Waals surface area contributed by atoms with Crippen molar-refractivity contribution in [3.63, 3.8) is 0 Å². The minimum atomic E-state index is -0.241. The number of benzene rings is 1. The molecule has 0 saturated heterocycles. The van der Waals surface area contributed by atoms with Crippen LogP contribution in [0, 0.1) is 5.82 Å². The van der Waals surface area contributed by atoms with Crippen molar-refractivity contribution in [2.24, 2.45) is 0 Å². The fourth-order valence-corrected chi connectivity index (χ4v) is 1.86. The van der Waals surface area contributed by atoms with E-state index in [0.717, 1.165) is 31.7 Å². The molecule has 0 aliphatic carbocycles. The molecule has 1 aromatic carbocycles. The summed E-state index contributed by atoms with van der Waals surface area (Å²) < 4.78 is 13.0. The highest BCUT2D eigenvalue weighted by Gasteiger charge is 2.02. The van der Waals surface area contributed by atoms with Crippen molar-refractivity contribution in [2.75, 3.05) is 26.2 Å². The lowest BCUT2D eigenvalue weighted by Crippen LogP contribution is -2.31. The van der Waals surface area contributed by atoms with Gasteiger partial charge in [0, 0.05) is 24.7 Å². The molecule has 0 spiro atoms. The fraction of sp³-hybridized carbons (Fsp3) is 0.538. The Kier molecular flexibility index (Phi) is 6.48. The first-order valence-corrected chi connectivity index (χ1v) is 6.42. The van der Waals surface area contributed by atoms with Crippen LogP contribution in [-0.2, 0) is 6.54 Å². The van der Waals surface area contributed by atoms with Gasteiger partial charge in [-0.25, -0.2) is 4.39 Å². The van der Waals surface area contributed by atoms with Gasteiger partial charge in [-0.2, -0.15) is 0 Å². The van der Waals surface area contributed by atoms with Crippen LogP contribution in [0.25, 0.3) is 0 Å². The van der Waals surface area contributed by atoms with E-state index >= 15 is 0 Å². The summed E-state index contributed by atoms with van der Waals surface area (Å²) in [5, 5.41) is 3.89. The number of rotatable bonds is 7. The summed E-state index contributed by atoms with van der Waals surface area (Å²) >= 11 is 5.98. The Labute approximate surface area is 108 Å². The number of likely N-dealkylation sites (N-methyl/N-ethyl adjacent to an activating group) is 1. The molecule has 0 fully saturated rings. The van der Waals surface area contributed by atoms with Crippen molar-refractivity contribution < 1.29 is 4.39 Å². The van der Waals surface area contributed by atoms with E-state index in [9.17, 15) is 4.39 Å². The van der Waals surface area contributed by atoms with E-state index in [0.29, 0.717) is 11.6 Å². The van der Waals surface area contributed by atoms with Gasteiger partial charge >= 0.3 is 0 Å². The van der Waals surface area contributed by atoms with E-state index < -0.39 is 0 Å². The Morgan fingerprint density at radius 3 is 2.65 bits per heavy atom. The Bertz CT molecular complexity index is 340. The second-order valence-corrected chi connectivity index (χ2v) is 4.35. The van der Waals surface area contributed by atoms with Gasteiger partial charge in [0.2, 0.25) is 0 Å². The highest BCUT2D eigenvalue weighted by atomic mass is 35.5. The lowest BCUT2D eigenvalue weighted by Gasteiger charge is -2.18. The first kappa shape index (κ1) is 14.4. The SMILES string of the molecule is CCN(CC)CCNCc1cc(F)ccc1Cl. The van der Waals surface area contributed by atoms with Gasteiger partial charge in [-0.1, -0.05) is 25.4 Å². The highest BCUT2D eigenvalue weighted by molar-refractivity contribution is 6.31. The Morgan fingerprint density at radius 1 is 1.29 bits per heavy atom. The predicted octanol–water partition coefficient (Wildman–Crippen LogP) is 2.91. The normalized spacial score (nSPS) is 11.1. The monoisotopic (exact) mass is 258 g/mol. The standard InChI is InChI=1S/C13H20ClFN2/c1-3-17(4-2)8-7-16-10-11-9-12(15)5-6-13(11)14/h5-6,9,16H,3-4,7-8,10H2,1-2H3. The van der Waals surface area contributed by atoms with Gasteiger partial charge < -0.3 is 10.2 Å². The predicted molar refractivity (Wildman–Crippen MR) is 70.9 cm³/mol. The minimum absolute atomic E-state index is 0.241. The number of hydrogen-bond donors (Lipinski definition) is 1. The molecular formula is C13H20ClFN2. The van der Waals surface area contributed by atoms with Gasteiger partial charge in [0.1, 0.15) is 5.82 Å². The molecule has 1 rings (SSSR count). The molecule has 0 radical (unpaired) electrons. The van der Waals surface area contributed by atoms with Crippen LogP contribution in [0.4, 0.5) is 4.39 Å². The molecule has 0 aromatic heterocycles. The first-order chi connectivity index (χ1) is 8.17. The van der Waals surface area contributed by atoms with E-state index in [-0.39, 0.29) is 5.82 Å². The van der Waals surface area contributed by atoms with Crippen molar-refractivity contribution in [3.05, 3.63) is 34.6 Å². The zero-order valence-corrected chi connectivity index (χ0v) is 11.2. The summed E-state index contributed by atoms with van der Waals surface area (Å²) in [5.41, 5.74) is 0.811. The molecule has 17 heavy (non-hydrogen) atoms. The molecule has 0 aliphatic rings. The molecule has 0 amide bonds. The molecule has 2 nitrogen and oxygen atoms in total. The molecule has 0 unspecified atom stereocenters. The summed E-state index contributed by atoms with van der Waals surface area (Å²) in [7, 11) is 0. The topological polar surface area (TPSA) is 15.3 Å². The summed E-state index contributed by atoms with van der Waals surface area (Å²) in [6, 6.07) is 4.45. The quantitative estimate of drug-likeness (QED) is 0.757. The van der Waals surface area contributed by atoms with Crippen LogP contribution in [0.15, 0.2) is 18.2 Å². The lowest BCUT2D eigenvalue weighted by atomic mass is 10.2. The van der Waals surface area contributed by atoms with Gasteiger partial charge in [-0.15, -0.1) is 0 Å². The molecule has 1 N–H and O–H groups in total. The number of hydrogen-bond acceptors (Lipinski definition) is 2. The lowest BCUT2D eigenvalue weighted by molar-refractivity contribution is 0.302. The maximum absolute atomic E-state index is 13.0. The molecular weight excluding hydrogens is 239 g/mol. The summed E-state index contributed by atoms with van der Waals surface area (Å²) in [6.45, 7) is 8.89. The van der Waals surface area contributed by atoms with Gasteiger partial charge in [0.25, 0.3) is 0 Å². The van der Waals surface area contributed by atoms with Crippen LogP contribution in [0.2, 0.25) is 5.02 Å². The van der Waals surface area contributed by atoms with Crippen LogP contribution >= 0.6 is 11.6 Å². The number of nitrogens with zero attached hydrogens (tertiary/aromatic N) is 1. The van der Waals surface area contributed by atoms with E-state index in [4.69, 9.17) is 11.6 Å². The van der Waals surface area contributed by atoms with E-state index in [1.165, 1.54) is 12.1 Å². The Morgan fingerprint density at radius 2 is 2.00 bits per heavy atom. The van der Waals surface area contributed by atoms with Crippen molar-refractivity contribution in [1.29, 1.82) is 0 Å². The summed E-state index contributed by atoms with van der Waals surface area (Å²) in [5.74, 6) is -0.241. The molecule has 0 bridgehead atoms. The van der Waals surface area contributed by atoms with Crippen molar-refractivity contribution in [2.45, 2.75) is 20.4 Å².